The lowest BCUT2D eigenvalue weighted by Crippen LogP contribution is -2.41. The van der Waals surface area contributed by atoms with Crippen LogP contribution in [-0.2, 0) is 23.5 Å². The van der Waals surface area contributed by atoms with Gasteiger partial charge in [0.15, 0.2) is 5.52 Å². The fourth-order valence-electron chi connectivity index (χ4n) is 4.90. The molecule has 1 atom stereocenters. The summed E-state index contributed by atoms with van der Waals surface area (Å²) in [6.07, 6.45) is 3.00. The lowest BCUT2D eigenvalue weighted by atomic mass is 9.91. The Morgan fingerprint density at radius 1 is 1.22 bits per heavy atom. The molecule has 2 aromatic heterocycles. The van der Waals surface area contributed by atoms with Gasteiger partial charge in [-0.3, -0.25) is 9.48 Å². The zero-order chi connectivity index (χ0) is 26.0. The Bertz CT molecular complexity index is 1390. The fourth-order valence-corrected chi connectivity index (χ4v) is 6.40. The van der Waals surface area contributed by atoms with E-state index in [4.69, 9.17) is 9.72 Å². The molecule has 1 fully saturated rings. The summed E-state index contributed by atoms with van der Waals surface area (Å²) in [5.74, 6) is 0.780. The molecule has 4 rings (SSSR count). The first-order chi connectivity index (χ1) is 17.2. The normalized spacial score (nSPS) is 16.5. The average molecular weight is 518 g/mol. The van der Waals surface area contributed by atoms with Gasteiger partial charge in [-0.25, -0.2) is 13.4 Å². The van der Waals surface area contributed by atoms with Crippen molar-refractivity contribution in [3.63, 3.8) is 0 Å². The summed E-state index contributed by atoms with van der Waals surface area (Å²) in [4.78, 5) is 20.6. The van der Waals surface area contributed by atoms with E-state index < -0.39 is 16.1 Å². The number of aromatic nitrogens is 4. The summed E-state index contributed by atoms with van der Waals surface area (Å²) < 4.78 is 35.8. The number of ether oxygens (including phenoxy) is 1. The van der Waals surface area contributed by atoms with E-state index in [2.05, 4.69) is 10.1 Å². The molecule has 1 saturated heterocycles. The first kappa shape index (κ1) is 26.3. The van der Waals surface area contributed by atoms with E-state index in [0.29, 0.717) is 67.7 Å². The molecule has 10 nitrogen and oxygen atoms in total. The van der Waals surface area contributed by atoms with Gasteiger partial charge in [0, 0.05) is 20.1 Å². The van der Waals surface area contributed by atoms with Gasteiger partial charge >= 0.3 is 0 Å². The molecule has 3 heterocycles. The molecular weight excluding hydrogens is 482 g/mol. The Balaban J connectivity index is 1.76. The molecule has 1 aliphatic heterocycles. The molecule has 0 bridgehead atoms. The number of H-pyrrole nitrogens is 1. The molecule has 0 radical (unpaired) electrons. The second-order valence-electron chi connectivity index (χ2n) is 9.24. The summed E-state index contributed by atoms with van der Waals surface area (Å²) >= 11 is 0. The van der Waals surface area contributed by atoms with Gasteiger partial charge in [0.05, 0.1) is 28.9 Å². The van der Waals surface area contributed by atoms with Crippen LogP contribution in [0.4, 0.5) is 0 Å². The number of sulfonamides is 1. The summed E-state index contributed by atoms with van der Waals surface area (Å²) in [5, 5.41) is 14.6. The van der Waals surface area contributed by atoms with Gasteiger partial charge in [-0.1, -0.05) is 20.3 Å². The smallest absolute Gasteiger partial charge is 0.277 e. The van der Waals surface area contributed by atoms with Crippen molar-refractivity contribution >= 4 is 21.1 Å². The number of rotatable bonds is 9. The van der Waals surface area contributed by atoms with Gasteiger partial charge in [0.25, 0.3) is 5.56 Å². The largest absolute Gasteiger partial charge is 0.493 e. The van der Waals surface area contributed by atoms with Crippen LogP contribution in [0.25, 0.3) is 22.4 Å². The number of piperidine rings is 1. The quantitative estimate of drug-likeness (QED) is 0.446. The van der Waals surface area contributed by atoms with E-state index in [0.717, 1.165) is 12.1 Å². The molecule has 2 N–H and O–H groups in total. The van der Waals surface area contributed by atoms with Crippen molar-refractivity contribution in [1.82, 2.24) is 24.1 Å². The second-order valence-corrected chi connectivity index (χ2v) is 11.2. The number of aliphatic hydroxyl groups is 1. The van der Waals surface area contributed by atoms with E-state index in [1.807, 2.05) is 20.8 Å². The monoisotopic (exact) mass is 517 g/mol. The van der Waals surface area contributed by atoms with E-state index in [1.165, 1.54) is 21.1 Å². The Kier molecular flexibility index (Phi) is 7.82. The van der Waals surface area contributed by atoms with Crippen molar-refractivity contribution in [2.45, 2.75) is 63.9 Å². The Labute approximate surface area is 211 Å². The number of nitrogens with zero attached hydrogens (tertiary/aromatic N) is 4. The molecule has 1 aromatic carbocycles. The molecule has 1 aliphatic rings. The summed E-state index contributed by atoms with van der Waals surface area (Å²) in [7, 11) is -2.08. The minimum absolute atomic E-state index is 0.107. The highest BCUT2D eigenvalue weighted by atomic mass is 32.2. The van der Waals surface area contributed by atoms with Gasteiger partial charge in [0.2, 0.25) is 10.0 Å². The maximum absolute atomic E-state index is 13.5. The highest BCUT2D eigenvalue weighted by molar-refractivity contribution is 7.89. The Morgan fingerprint density at radius 3 is 2.58 bits per heavy atom. The standard InChI is InChI=1S/C25H35N5O5S/c1-5-8-19-22-23(29(4)28-19)25(32)27-24(26-22)18-15-17(9-10-21(18)35-7-3)36(33,34)30-13-11-16(12-14-30)20(31)6-2/h9-10,15-16,20,31H,5-8,11-14H2,1-4H3,(H,26,27,32)/t20-/m0/s1. The number of aromatic amines is 1. The van der Waals surface area contributed by atoms with Gasteiger partial charge in [-0.15, -0.1) is 0 Å². The summed E-state index contributed by atoms with van der Waals surface area (Å²) in [5.41, 5.74) is 1.66. The van der Waals surface area contributed by atoms with Crippen molar-refractivity contribution in [2.24, 2.45) is 13.0 Å². The molecule has 0 unspecified atom stereocenters. The molecule has 3 aromatic rings. The molecule has 196 valence electrons. The zero-order valence-corrected chi connectivity index (χ0v) is 22.1. The SMILES string of the molecule is CCCc1nn(C)c2c(=O)[nH]c(-c3cc(S(=O)(=O)N4CCC([C@@H](O)CC)CC4)ccc3OCC)nc12. The number of benzene rings is 1. The number of nitrogens with one attached hydrogen (secondary N) is 1. The number of aliphatic hydroxyl groups excluding tert-OH is 1. The highest BCUT2D eigenvalue weighted by Gasteiger charge is 2.32. The van der Waals surface area contributed by atoms with Crippen LogP contribution in [0.3, 0.4) is 0 Å². The molecule has 0 saturated carbocycles. The van der Waals surface area contributed by atoms with Gasteiger partial charge in [-0.2, -0.15) is 9.40 Å². The minimum atomic E-state index is -3.79. The molecule has 0 amide bonds. The Hall–Kier alpha value is -2.76. The van der Waals surface area contributed by atoms with E-state index >= 15 is 0 Å². The van der Waals surface area contributed by atoms with Crippen LogP contribution in [0.2, 0.25) is 0 Å². The average Bonchev–Trinajstić information content (AvgIpc) is 3.19. The first-order valence-electron chi connectivity index (χ1n) is 12.6. The first-order valence-corrected chi connectivity index (χ1v) is 14.1. The van der Waals surface area contributed by atoms with Crippen molar-refractivity contribution in [2.75, 3.05) is 19.7 Å². The molecule has 11 heteroatoms. The van der Waals surface area contributed by atoms with Gasteiger partial charge in [-0.05, 0) is 56.7 Å². The van der Waals surface area contributed by atoms with Gasteiger partial charge in [0.1, 0.15) is 17.1 Å². The van der Waals surface area contributed by atoms with Crippen LogP contribution in [-0.4, -0.2) is 63.4 Å². The van der Waals surface area contributed by atoms with E-state index in [9.17, 15) is 18.3 Å². The third kappa shape index (κ3) is 4.91. The summed E-state index contributed by atoms with van der Waals surface area (Å²) in [6, 6.07) is 4.66. The number of hydrogen-bond donors (Lipinski definition) is 2. The molecule has 36 heavy (non-hydrogen) atoms. The summed E-state index contributed by atoms with van der Waals surface area (Å²) in [6.45, 7) is 6.87. The lowest BCUT2D eigenvalue weighted by molar-refractivity contribution is 0.0733. The van der Waals surface area contributed by atoms with Crippen molar-refractivity contribution in [3.05, 3.63) is 34.2 Å². The zero-order valence-electron chi connectivity index (χ0n) is 21.3. The number of hydrogen-bond acceptors (Lipinski definition) is 7. The second kappa shape index (κ2) is 10.7. The van der Waals surface area contributed by atoms with Crippen LogP contribution in [0.15, 0.2) is 27.9 Å². The maximum atomic E-state index is 13.5. The fraction of sp³-hybridized carbons (Fsp3) is 0.560. The van der Waals surface area contributed by atoms with Crippen LogP contribution in [0, 0.1) is 5.92 Å². The van der Waals surface area contributed by atoms with Crippen LogP contribution < -0.4 is 10.3 Å². The van der Waals surface area contributed by atoms with Crippen molar-refractivity contribution in [3.8, 4) is 17.1 Å². The van der Waals surface area contributed by atoms with E-state index in [-0.39, 0.29) is 22.2 Å². The number of aryl methyl sites for hydroxylation is 2. The van der Waals surface area contributed by atoms with Crippen molar-refractivity contribution in [1.29, 1.82) is 0 Å². The molecular formula is C25H35N5O5S. The lowest BCUT2D eigenvalue weighted by Gasteiger charge is -2.33. The third-order valence-electron chi connectivity index (χ3n) is 6.85. The highest BCUT2D eigenvalue weighted by Crippen LogP contribution is 2.33. The Morgan fingerprint density at radius 2 is 1.94 bits per heavy atom. The topological polar surface area (TPSA) is 130 Å². The molecule has 0 spiro atoms. The van der Waals surface area contributed by atoms with Gasteiger partial charge < -0.3 is 14.8 Å². The predicted octanol–water partition coefficient (Wildman–Crippen LogP) is 2.85. The van der Waals surface area contributed by atoms with Crippen LogP contribution >= 0.6 is 0 Å². The van der Waals surface area contributed by atoms with E-state index in [1.54, 1.807) is 13.1 Å². The predicted molar refractivity (Wildman–Crippen MR) is 138 cm³/mol. The maximum Gasteiger partial charge on any atom is 0.277 e. The third-order valence-corrected chi connectivity index (χ3v) is 8.75. The van der Waals surface area contributed by atoms with Crippen LogP contribution in [0.1, 0.15) is 52.1 Å². The molecule has 0 aliphatic carbocycles. The minimum Gasteiger partial charge on any atom is -0.493 e. The van der Waals surface area contributed by atoms with Crippen molar-refractivity contribution < 1.29 is 18.3 Å². The van der Waals surface area contributed by atoms with Crippen LogP contribution in [0.5, 0.6) is 5.75 Å². The number of fused-ring (bicyclic) bond motifs is 1.